The van der Waals surface area contributed by atoms with Crippen LogP contribution in [0.1, 0.15) is 36.2 Å². The summed E-state index contributed by atoms with van der Waals surface area (Å²) in [6.07, 6.45) is 3.61. The molecule has 1 aromatic carbocycles. The molecule has 1 saturated heterocycles. The molecule has 2 unspecified atom stereocenters. The van der Waals surface area contributed by atoms with Gasteiger partial charge in [-0.25, -0.2) is 4.79 Å². The molecule has 1 aromatic rings. The van der Waals surface area contributed by atoms with Crippen LogP contribution in [0, 0.1) is 0 Å². The lowest BCUT2D eigenvalue weighted by Crippen LogP contribution is -2.23. The van der Waals surface area contributed by atoms with Crippen molar-refractivity contribution in [2.75, 3.05) is 28.1 Å². The maximum atomic E-state index is 12.3. The molecule has 2 rings (SSSR count). The maximum Gasteiger partial charge on any atom is 0.342 e. The molecule has 8 heteroatoms. The van der Waals surface area contributed by atoms with Crippen molar-refractivity contribution < 1.29 is 38.0 Å². The predicted octanol–water partition coefficient (Wildman–Crippen LogP) is 2.59. The summed E-state index contributed by atoms with van der Waals surface area (Å²) < 4.78 is 31.9. The maximum absolute atomic E-state index is 12.3. The van der Waals surface area contributed by atoms with E-state index >= 15 is 0 Å². The third-order valence-corrected chi connectivity index (χ3v) is 4.09. The van der Waals surface area contributed by atoms with Gasteiger partial charge >= 0.3 is 5.97 Å². The second kappa shape index (κ2) is 9.68. The van der Waals surface area contributed by atoms with Crippen molar-refractivity contribution in [1.29, 1.82) is 0 Å². The Morgan fingerprint density at radius 1 is 1.21 bits per heavy atom. The molecule has 8 nitrogen and oxygen atoms in total. The SMILES string of the molecule is COCOc1cc(OC)cc(/C=C/CC2OC(C)(C)OC2C=O)c1C(=O)OC. The van der Waals surface area contributed by atoms with E-state index in [4.69, 9.17) is 28.4 Å². The van der Waals surface area contributed by atoms with E-state index < -0.39 is 24.0 Å². The molecular weight excluding hydrogens is 368 g/mol. The van der Waals surface area contributed by atoms with Crippen molar-refractivity contribution in [3.63, 3.8) is 0 Å². The summed E-state index contributed by atoms with van der Waals surface area (Å²) in [6.45, 7) is 3.47. The molecule has 0 aliphatic carbocycles. The van der Waals surface area contributed by atoms with Crippen LogP contribution >= 0.6 is 0 Å². The molecular formula is C20H26O8. The van der Waals surface area contributed by atoms with Crippen molar-refractivity contribution in [1.82, 2.24) is 0 Å². The van der Waals surface area contributed by atoms with Gasteiger partial charge in [-0.3, -0.25) is 0 Å². The van der Waals surface area contributed by atoms with Gasteiger partial charge in [-0.15, -0.1) is 0 Å². The molecule has 0 spiro atoms. The highest BCUT2D eigenvalue weighted by atomic mass is 16.8. The van der Waals surface area contributed by atoms with Gasteiger partial charge in [0.1, 0.15) is 23.2 Å². The fourth-order valence-electron chi connectivity index (χ4n) is 2.91. The second-order valence-corrected chi connectivity index (χ2v) is 6.54. The number of ether oxygens (including phenoxy) is 6. The third-order valence-electron chi connectivity index (χ3n) is 4.09. The first-order valence-electron chi connectivity index (χ1n) is 8.74. The van der Waals surface area contributed by atoms with Crippen molar-refractivity contribution >= 4 is 18.3 Å². The van der Waals surface area contributed by atoms with Crippen LogP contribution in [-0.2, 0) is 23.7 Å². The zero-order chi connectivity index (χ0) is 20.7. The van der Waals surface area contributed by atoms with E-state index in [-0.39, 0.29) is 18.1 Å². The quantitative estimate of drug-likeness (QED) is 0.359. The fraction of sp³-hybridized carbons (Fsp3) is 0.500. The minimum Gasteiger partial charge on any atom is -0.497 e. The lowest BCUT2D eigenvalue weighted by molar-refractivity contribution is -0.149. The number of aldehydes is 1. The van der Waals surface area contributed by atoms with Gasteiger partial charge in [0.15, 0.2) is 18.9 Å². The molecule has 0 saturated carbocycles. The lowest BCUT2D eigenvalue weighted by Gasteiger charge is -2.16. The molecule has 1 aliphatic heterocycles. The molecule has 1 heterocycles. The van der Waals surface area contributed by atoms with Gasteiger partial charge in [0.05, 0.1) is 20.3 Å². The Hall–Kier alpha value is -2.42. The average Bonchev–Trinajstić information content (AvgIpc) is 2.98. The minimum atomic E-state index is -0.821. The standard InChI is InChI=1S/C20H26O8/c1-20(2)27-15(17(11-21)28-20)8-6-7-13-9-14(24-4)10-16(26-12-23-3)18(13)19(22)25-5/h6-7,9-11,15,17H,8,12H2,1-5H3/b7-6+. The Morgan fingerprint density at radius 3 is 2.57 bits per heavy atom. The highest BCUT2D eigenvalue weighted by molar-refractivity contribution is 5.97. The number of methoxy groups -OCH3 is 3. The van der Waals surface area contributed by atoms with Crippen LogP contribution in [0.5, 0.6) is 11.5 Å². The zero-order valence-corrected chi connectivity index (χ0v) is 16.7. The van der Waals surface area contributed by atoms with E-state index in [0.29, 0.717) is 17.7 Å². The largest absolute Gasteiger partial charge is 0.497 e. The first kappa shape index (κ1) is 21.9. The van der Waals surface area contributed by atoms with Gasteiger partial charge in [-0.1, -0.05) is 12.2 Å². The summed E-state index contributed by atoms with van der Waals surface area (Å²) in [6, 6.07) is 3.27. The molecule has 28 heavy (non-hydrogen) atoms. The predicted molar refractivity (Wildman–Crippen MR) is 100 cm³/mol. The summed E-state index contributed by atoms with van der Waals surface area (Å²) in [5.41, 5.74) is 0.783. The Balaban J connectivity index is 2.30. The number of rotatable bonds is 9. The number of hydrogen-bond acceptors (Lipinski definition) is 8. The fourth-order valence-corrected chi connectivity index (χ4v) is 2.91. The average molecular weight is 394 g/mol. The van der Waals surface area contributed by atoms with E-state index in [1.807, 2.05) is 0 Å². The topological polar surface area (TPSA) is 89.5 Å². The van der Waals surface area contributed by atoms with Gasteiger partial charge in [-0.2, -0.15) is 0 Å². The monoisotopic (exact) mass is 394 g/mol. The number of esters is 1. The first-order valence-corrected chi connectivity index (χ1v) is 8.74. The molecule has 1 aliphatic rings. The summed E-state index contributed by atoms with van der Waals surface area (Å²) in [4.78, 5) is 23.5. The molecule has 1 fully saturated rings. The van der Waals surface area contributed by atoms with Crippen LogP contribution in [0.25, 0.3) is 6.08 Å². The van der Waals surface area contributed by atoms with Crippen LogP contribution < -0.4 is 9.47 Å². The third kappa shape index (κ3) is 5.31. The Bertz CT molecular complexity index is 725. The molecule has 154 valence electrons. The smallest absolute Gasteiger partial charge is 0.342 e. The van der Waals surface area contributed by atoms with E-state index in [9.17, 15) is 9.59 Å². The number of carbonyl (C=O) groups excluding carboxylic acids is 2. The van der Waals surface area contributed by atoms with E-state index in [0.717, 1.165) is 6.29 Å². The van der Waals surface area contributed by atoms with Crippen molar-refractivity contribution in [2.45, 2.75) is 38.3 Å². The molecule has 0 bridgehead atoms. The minimum absolute atomic E-state index is 0.0380. The second-order valence-electron chi connectivity index (χ2n) is 6.54. The number of benzene rings is 1. The van der Waals surface area contributed by atoms with Crippen molar-refractivity contribution in [3.8, 4) is 11.5 Å². The van der Waals surface area contributed by atoms with Gasteiger partial charge in [0.2, 0.25) is 0 Å². The summed E-state index contributed by atoms with van der Waals surface area (Å²) in [5, 5.41) is 0. The summed E-state index contributed by atoms with van der Waals surface area (Å²) in [5.74, 6) is -0.593. The lowest BCUT2D eigenvalue weighted by atomic mass is 10.0. The van der Waals surface area contributed by atoms with Crippen LogP contribution in [0.3, 0.4) is 0 Å². The van der Waals surface area contributed by atoms with Gasteiger partial charge < -0.3 is 33.2 Å². The molecule has 2 atom stereocenters. The van der Waals surface area contributed by atoms with E-state index in [1.54, 1.807) is 38.1 Å². The van der Waals surface area contributed by atoms with E-state index in [2.05, 4.69) is 0 Å². The van der Waals surface area contributed by atoms with E-state index in [1.165, 1.54) is 21.3 Å². The normalized spacial score (nSPS) is 20.9. The van der Waals surface area contributed by atoms with Crippen LogP contribution in [-0.4, -0.2) is 58.4 Å². The highest BCUT2D eigenvalue weighted by Crippen LogP contribution is 2.32. The highest BCUT2D eigenvalue weighted by Gasteiger charge is 2.40. The van der Waals surface area contributed by atoms with Crippen LogP contribution in [0.4, 0.5) is 0 Å². The van der Waals surface area contributed by atoms with Crippen LogP contribution in [0.15, 0.2) is 18.2 Å². The Kier molecular flexibility index (Phi) is 7.56. The number of hydrogen-bond donors (Lipinski definition) is 0. The summed E-state index contributed by atoms with van der Waals surface area (Å²) >= 11 is 0. The van der Waals surface area contributed by atoms with Crippen molar-refractivity contribution in [2.24, 2.45) is 0 Å². The Morgan fingerprint density at radius 2 is 1.96 bits per heavy atom. The molecule has 0 aromatic heterocycles. The molecule has 0 amide bonds. The van der Waals surface area contributed by atoms with Gasteiger partial charge in [0.25, 0.3) is 0 Å². The molecule has 0 N–H and O–H groups in total. The summed E-state index contributed by atoms with van der Waals surface area (Å²) in [7, 11) is 4.29. The van der Waals surface area contributed by atoms with Gasteiger partial charge in [0, 0.05) is 13.2 Å². The van der Waals surface area contributed by atoms with Crippen LogP contribution in [0.2, 0.25) is 0 Å². The zero-order valence-electron chi connectivity index (χ0n) is 16.7. The Labute approximate surface area is 164 Å². The van der Waals surface area contributed by atoms with Crippen molar-refractivity contribution in [3.05, 3.63) is 29.3 Å². The van der Waals surface area contributed by atoms with Gasteiger partial charge in [-0.05, 0) is 31.9 Å². The first-order chi connectivity index (χ1) is 13.3. The number of carbonyl (C=O) groups is 2. The molecule has 0 radical (unpaired) electrons.